The first-order valence-corrected chi connectivity index (χ1v) is 8.81. The summed E-state index contributed by atoms with van der Waals surface area (Å²) in [4.78, 5) is 14.4. The molecule has 0 saturated carbocycles. The maximum Gasteiger partial charge on any atom is 0.303 e. The van der Waals surface area contributed by atoms with Crippen LogP contribution in [0, 0.1) is 0 Å². The molecule has 0 unspecified atom stereocenters. The van der Waals surface area contributed by atoms with E-state index in [1.807, 2.05) is 6.20 Å². The summed E-state index contributed by atoms with van der Waals surface area (Å²) in [7, 11) is 0. The van der Waals surface area contributed by atoms with Gasteiger partial charge in [-0.3, -0.25) is 9.79 Å². The summed E-state index contributed by atoms with van der Waals surface area (Å²) in [5.74, 6) is -0.689. The minimum atomic E-state index is -0.689. The van der Waals surface area contributed by atoms with E-state index in [-0.39, 0.29) is 0 Å². The van der Waals surface area contributed by atoms with Gasteiger partial charge in [-0.05, 0) is 32.4 Å². The van der Waals surface area contributed by atoms with Crippen LogP contribution in [-0.4, -0.2) is 24.3 Å². The zero-order valence-electron chi connectivity index (χ0n) is 14.3. The minimum absolute atomic E-state index is 0.299. The van der Waals surface area contributed by atoms with E-state index in [0.29, 0.717) is 6.42 Å². The molecule has 0 aromatic heterocycles. The highest BCUT2D eigenvalue weighted by molar-refractivity contribution is 5.66. The van der Waals surface area contributed by atoms with Crippen molar-refractivity contribution >= 4 is 12.7 Å². The first kappa shape index (κ1) is 20.7. The topological polar surface area (TPSA) is 61.7 Å². The van der Waals surface area contributed by atoms with Crippen molar-refractivity contribution < 1.29 is 9.90 Å². The van der Waals surface area contributed by atoms with Crippen LogP contribution in [0.15, 0.2) is 16.9 Å². The molecule has 22 heavy (non-hydrogen) atoms. The van der Waals surface area contributed by atoms with E-state index in [9.17, 15) is 4.79 Å². The van der Waals surface area contributed by atoms with Crippen molar-refractivity contribution in [2.45, 2.75) is 84.0 Å². The first-order chi connectivity index (χ1) is 10.7. The molecule has 0 atom stereocenters. The van der Waals surface area contributed by atoms with E-state index < -0.39 is 5.97 Å². The third kappa shape index (κ3) is 15.1. The van der Waals surface area contributed by atoms with E-state index in [2.05, 4.69) is 24.0 Å². The van der Waals surface area contributed by atoms with Crippen LogP contribution in [0.25, 0.3) is 0 Å². The first-order valence-electron chi connectivity index (χ1n) is 8.81. The van der Waals surface area contributed by atoms with Crippen molar-refractivity contribution in [1.29, 1.82) is 0 Å². The fourth-order valence-corrected chi connectivity index (χ4v) is 2.33. The number of hydrogen-bond donors (Lipinski definition) is 2. The fourth-order valence-electron chi connectivity index (χ4n) is 2.33. The molecule has 128 valence electrons. The molecule has 4 nitrogen and oxygen atoms in total. The molecule has 0 heterocycles. The van der Waals surface area contributed by atoms with Crippen LogP contribution in [0.2, 0.25) is 0 Å². The molecule has 0 aromatic rings. The second-order valence-corrected chi connectivity index (χ2v) is 5.82. The Hall–Kier alpha value is -1.32. The molecule has 0 radical (unpaired) electrons. The molecule has 0 saturated heterocycles. The molecule has 0 amide bonds. The molecule has 0 aromatic carbocycles. The Labute approximate surface area is 136 Å². The number of hydrogen-bond acceptors (Lipinski definition) is 3. The molecule has 4 heteroatoms. The highest BCUT2D eigenvalue weighted by Crippen LogP contribution is 2.11. The smallest absolute Gasteiger partial charge is 0.303 e. The summed E-state index contributed by atoms with van der Waals surface area (Å²) < 4.78 is 0. The third-order valence-electron chi connectivity index (χ3n) is 3.72. The van der Waals surface area contributed by atoms with Crippen molar-refractivity contribution in [2.24, 2.45) is 4.99 Å². The van der Waals surface area contributed by atoms with Crippen molar-refractivity contribution in [2.75, 3.05) is 6.54 Å². The lowest BCUT2D eigenvalue weighted by Gasteiger charge is -2.05. The van der Waals surface area contributed by atoms with Crippen molar-refractivity contribution in [3.63, 3.8) is 0 Å². The highest BCUT2D eigenvalue weighted by Gasteiger charge is 1.97. The van der Waals surface area contributed by atoms with Gasteiger partial charge in [0, 0.05) is 19.2 Å². The second kappa shape index (κ2) is 16.1. The van der Waals surface area contributed by atoms with Crippen LogP contribution < -0.4 is 5.32 Å². The van der Waals surface area contributed by atoms with Gasteiger partial charge in [-0.15, -0.1) is 0 Å². The number of carbonyl (C=O) groups is 1. The Kier molecular flexibility index (Phi) is 15.1. The molecule has 0 rings (SSSR count). The van der Waals surface area contributed by atoms with Gasteiger partial charge < -0.3 is 10.4 Å². The van der Waals surface area contributed by atoms with Gasteiger partial charge in [0.15, 0.2) is 0 Å². The molecule has 0 bridgehead atoms. The van der Waals surface area contributed by atoms with E-state index in [1.165, 1.54) is 32.1 Å². The molecule has 2 N–H and O–H groups in total. The zero-order valence-corrected chi connectivity index (χ0v) is 14.3. The largest absolute Gasteiger partial charge is 0.481 e. The van der Waals surface area contributed by atoms with E-state index >= 15 is 0 Å². The predicted octanol–water partition coefficient (Wildman–Crippen LogP) is 4.90. The molecule has 0 aliphatic heterocycles. The fraction of sp³-hybridized carbons (Fsp3) is 0.778. The average Bonchev–Trinajstić information content (AvgIpc) is 2.50. The minimum Gasteiger partial charge on any atom is -0.481 e. The van der Waals surface area contributed by atoms with Crippen LogP contribution in [0.3, 0.4) is 0 Å². The molecular weight excluding hydrogens is 276 g/mol. The SMILES string of the molecule is C=N/C(=C\NCCCCCCCC(=O)O)CCCCCCC. The number of aliphatic imine (C=N–C) groups is 1. The van der Waals surface area contributed by atoms with E-state index in [0.717, 1.165) is 50.8 Å². The molecule has 0 spiro atoms. The number of carboxylic acid groups (broad SMARTS) is 1. The Balaban J connectivity index is 3.47. The number of carboxylic acids is 1. The van der Waals surface area contributed by atoms with E-state index in [1.54, 1.807) is 0 Å². The van der Waals surface area contributed by atoms with Crippen molar-refractivity contribution in [3.8, 4) is 0 Å². The Morgan fingerprint density at radius 1 is 1.00 bits per heavy atom. The standard InChI is InChI=1S/C18H34N2O2/c1-3-4-5-7-10-13-17(19-2)16-20-15-12-9-6-8-11-14-18(21)22/h16,20H,2-15H2,1H3,(H,21,22)/b17-16-. The summed E-state index contributed by atoms with van der Waals surface area (Å²) in [6.45, 7) is 6.81. The van der Waals surface area contributed by atoms with Crippen molar-refractivity contribution in [3.05, 3.63) is 11.9 Å². The van der Waals surface area contributed by atoms with Crippen LogP contribution in [0.1, 0.15) is 84.0 Å². The maximum atomic E-state index is 10.4. The van der Waals surface area contributed by atoms with Crippen LogP contribution in [0.5, 0.6) is 0 Å². The lowest BCUT2D eigenvalue weighted by atomic mass is 10.1. The monoisotopic (exact) mass is 310 g/mol. The molecular formula is C18H34N2O2. The van der Waals surface area contributed by atoms with Gasteiger partial charge in [-0.2, -0.15) is 0 Å². The Morgan fingerprint density at radius 3 is 2.23 bits per heavy atom. The summed E-state index contributed by atoms with van der Waals surface area (Å²) in [5, 5.41) is 11.8. The number of rotatable bonds is 16. The number of unbranched alkanes of at least 4 members (excludes halogenated alkanes) is 8. The molecule has 0 fully saturated rings. The molecule has 0 aliphatic carbocycles. The second-order valence-electron chi connectivity index (χ2n) is 5.82. The van der Waals surface area contributed by atoms with Gasteiger partial charge in [0.05, 0.1) is 5.70 Å². The van der Waals surface area contributed by atoms with Gasteiger partial charge in [-0.25, -0.2) is 0 Å². The Bertz CT molecular complexity index is 314. The van der Waals surface area contributed by atoms with E-state index in [4.69, 9.17) is 5.11 Å². The average molecular weight is 310 g/mol. The normalized spacial score (nSPS) is 11.4. The lowest BCUT2D eigenvalue weighted by molar-refractivity contribution is -0.137. The predicted molar refractivity (Wildman–Crippen MR) is 94.3 cm³/mol. The van der Waals surface area contributed by atoms with Gasteiger partial charge in [0.25, 0.3) is 0 Å². The van der Waals surface area contributed by atoms with Crippen LogP contribution in [0.4, 0.5) is 0 Å². The van der Waals surface area contributed by atoms with Gasteiger partial charge in [0.1, 0.15) is 0 Å². The summed E-state index contributed by atoms with van der Waals surface area (Å²) in [6.07, 6.45) is 14.9. The highest BCUT2D eigenvalue weighted by atomic mass is 16.4. The van der Waals surface area contributed by atoms with Crippen LogP contribution >= 0.6 is 0 Å². The molecule has 0 aliphatic rings. The summed E-state index contributed by atoms with van der Waals surface area (Å²) >= 11 is 0. The van der Waals surface area contributed by atoms with Gasteiger partial charge >= 0.3 is 5.97 Å². The summed E-state index contributed by atoms with van der Waals surface area (Å²) in [5.41, 5.74) is 1.05. The maximum absolute atomic E-state index is 10.4. The zero-order chi connectivity index (χ0) is 16.5. The summed E-state index contributed by atoms with van der Waals surface area (Å²) in [6, 6.07) is 0. The number of allylic oxidation sites excluding steroid dienone is 1. The van der Waals surface area contributed by atoms with Crippen molar-refractivity contribution in [1.82, 2.24) is 5.32 Å². The third-order valence-corrected chi connectivity index (χ3v) is 3.72. The number of nitrogens with zero attached hydrogens (tertiary/aromatic N) is 1. The lowest BCUT2D eigenvalue weighted by Crippen LogP contribution is -2.08. The Morgan fingerprint density at radius 2 is 1.59 bits per heavy atom. The van der Waals surface area contributed by atoms with Gasteiger partial charge in [-0.1, -0.05) is 51.9 Å². The van der Waals surface area contributed by atoms with Crippen LogP contribution in [-0.2, 0) is 4.79 Å². The van der Waals surface area contributed by atoms with Gasteiger partial charge in [0.2, 0.25) is 0 Å². The number of aliphatic carboxylic acids is 1. The quantitative estimate of drug-likeness (QED) is 0.315. The number of nitrogens with one attached hydrogen (secondary N) is 1.